The van der Waals surface area contributed by atoms with Gasteiger partial charge in [0.05, 0.1) is 12.3 Å². The van der Waals surface area contributed by atoms with Crippen molar-refractivity contribution >= 4 is 11.7 Å². The van der Waals surface area contributed by atoms with Crippen LogP contribution in [0.3, 0.4) is 0 Å². The fourth-order valence-corrected chi connectivity index (χ4v) is 2.11. The second-order valence-electron chi connectivity index (χ2n) is 5.29. The van der Waals surface area contributed by atoms with E-state index in [-0.39, 0.29) is 17.9 Å². The Bertz CT molecular complexity index is 626. The quantitative estimate of drug-likeness (QED) is 0.892. The standard InChI is InChI=1S/C16H20FN3O2/c1-11-9-12(6-7-13(11)17)19-16(21)18-10-14(20(2)3)15-5-4-8-22-15/h4-9,14H,10H2,1-3H3,(H2,18,19,21). The van der Waals surface area contributed by atoms with Crippen molar-refractivity contribution in [2.45, 2.75) is 13.0 Å². The molecule has 5 nitrogen and oxygen atoms in total. The second kappa shape index (κ2) is 7.09. The molecule has 2 rings (SSSR count). The van der Waals surface area contributed by atoms with Gasteiger partial charge in [0.15, 0.2) is 0 Å². The van der Waals surface area contributed by atoms with E-state index in [2.05, 4.69) is 10.6 Å². The van der Waals surface area contributed by atoms with Crippen molar-refractivity contribution in [2.75, 3.05) is 26.0 Å². The lowest BCUT2D eigenvalue weighted by molar-refractivity contribution is 0.233. The Morgan fingerprint density at radius 2 is 2.14 bits per heavy atom. The number of furan rings is 1. The largest absolute Gasteiger partial charge is 0.468 e. The summed E-state index contributed by atoms with van der Waals surface area (Å²) in [5, 5.41) is 5.47. The molecule has 118 valence electrons. The van der Waals surface area contributed by atoms with Gasteiger partial charge < -0.3 is 15.1 Å². The Balaban J connectivity index is 1.92. The minimum atomic E-state index is -0.343. The van der Waals surface area contributed by atoms with Crippen LogP contribution in [0.2, 0.25) is 0 Å². The molecule has 0 saturated heterocycles. The molecule has 0 bridgehead atoms. The van der Waals surface area contributed by atoms with Crippen LogP contribution in [-0.4, -0.2) is 31.6 Å². The third kappa shape index (κ3) is 4.08. The molecule has 22 heavy (non-hydrogen) atoms. The van der Waals surface area contributed by atoms with Crippen molar-refractivity contribution < 1.29 is 13.6 Å². The first-order chi connectivity index (χ1) is 10.5. The normalized spacial score (nSPS) is 12.2. The van der Waals surface area contributed by atoms with Crippen molar-refractivity contribution in [1.82, 2.24) is 10.2 Å². The summed E-state index contributed by atoms with van der Waals surface area (Å²) in [5.41, 5.74) is 1.04. The number of hydrogen-bond donors (Lipinski definition) is 2. The number of likely N-dealkylation sites (N-methyl/N-ethyl adjacent to an activating group) is 1. The lowest BCUT2D eigenvalue weighted by Crippen LogP contribution is -2.36. The minimum absolute atomic E-state index is 0.0595. The van der Waals surface area contributed by atoms with Crippen LogP contribution in [0.15, 0.2) is 41.0 Å². The van der Waals surface area contributed by atoms with Crippen molar-refractivity contribution in [1.29, 1.82) is 0 Å². The molecule has 0 spiro atoms. The first kappa shape index (κ1) is 16.0. The molecule has 1 heterocycles. The molecule has 0 fully saturated rings. The first-order valence-corrected chi connectivity index (χ1v) is 6.98. The van der Waals surface area contributed by atoms with Crippen LogP contribution in [0.5, 0.6) is 0 Å². The maximum absolute atomic E-state index is 13.2. The highest BCUT2D eigenvalue weighted by Crippen LogP contribution is 2.18. The summed E-state index contributed by atoms with van der Waals surface area (Å²) in [7, 11) is 3.83. The third-order valence-electron chi connectivity index (χ3n) is 3.37. The lowest BCUT2D eigenvalue weighted by Gasteiger charge is -2.22. The molecule has 0 radical (unpaired) electrons. The molecule has 1 unspecified atom stereocenters. The van der Waals surface area contributed by atoms with Crippen LogP contribution >= 0.6 is 0 Å². The van der Waals surface area contributed by atoms with E-state index in [1.807, 2.05) is 31.1 Å². The Morgan fingerprint density at radius 1 is 1.36 bits per heavy atom. The van der Waals surface area contributed by atoms with Crippen LogP contribution in [0.4, 0.5) is 14.9 Å². The van der Waals surface area contributed by atoms with E-state index in [0.29, 0.717) is 17.8 Å². The second-order valence-corrected chi connectivity index (χ2v) is 5.29. The average Bonchev–Trinajstić information content (AvgIpc) is 2.97. The number of anilines is 1. The zero-order valence-electron chi connectivity index (χ0n) is 12.9. The van der Waals surface area contributed by atoms with Gasteiger partial charge in [0.2, 0.25) is 0 Å². The predicted molar refractivity (Wildman–Crippen MR) is 83.3 cm³/mol. The summed E-state index contributed by atoms with van der Waals surface area (Å²) in [6.45, 7) is 2.05. The molecule has 2 amide bonds. The third-order valence-corrected chi connectivity index (χ3v) is 3.37. The number of benzene rings is 1. The van der Waals surface area contributed by atoms with Gasteiger partial charge >= 0.3 is 6.03 Å². The number of rotatable bonds is 5. The molecular formula is C16H20FN3O2. The number of aryl methyl sites for hydroxylation is 1. The van der Waals surface area contributed by atoms with Gasteiger partial charge in [-0.1, -0.05) is 0 Å². The van der Waals surface area contributed by atoms with Crippen LogP contribution in [0.1, 0.15) is 17.4 Å². The number of hydrogen-bond acceptors (Lipinski definition) is 3. The summed E-state index contributed by atoms with van der Waals surface area (Å²) in [6, 6.07) is 7.72. The number of nitrogens with one attached hydrogen (secondary N) is 2. The van der Waals surface area contributed by atoms with E-state index in [9.17, 15) is 9.18 Å². The fraction of sp³-hybridized carbons (Fsp3) is 0.312. The smallest absolute Gasteiger partial charge is 0.319 e. The highest BCUT2D eigenvalue weighted by atomic mass is 19.1. The Hall–Kier alpha value is -2.34. The summed E-state index contributed by atoms with van der Waals surface area (Å²) in [6.07, 6.45) is 1.60. The van der Waals surface area contributed by atoms with Gasteiger partial charge in [-0.15, -0.1) is 0 Å². The predicted octanol–water partition coefficient (Wildman–Crippen LogP) is 3.15. The number of halogens is 1. The van der Waals surface area contributed by atoms with E-state index in [1.165, 1.54) is 12.1 Å². The number of carbonyl (C=O) groups is 1. The molecule has 1 atom stereocenters. The number of urea groups is 1. The molecule has 0 saturated carbocycles. The lowest BCUT2D eigenvalue weighted by atomic mass is 10.2. The van der Waals surface area contributed by atoms with Crippen molar-refractivity contribution in [3.8, 4) is 0 Å². The molecule has 0 aliphatic heterocycles. The highest BCUT2D eigenvalue weighted by Gasteiger charge is 2.17. The molecule has 0 aliphatic carbocycles. The van der Waals surface area contributed by atoms with Gasteiger partial charge in [-0.3, -0.25) is 4.90 Å². The van der Waals surface area contributed by atoms with Gasteiger partial charge in [-0.2, -0.15) is 0 Å². The van der Waals surface area contributed by atoms with E-state index >= 15 is 0 Å². The summed E-state index contributed by atoms with van der Waals surface area (Å²) in [4.78, 5) is 13.9. The van der Waals surface area contributed by atoms with Gasteiger partial charge in [0.1, 0.15) is 11.6 Å². The van der Waals surface area contributed by atoms with Crippen LogP contribution in [-0.2, 0) is 0 Å². The number of carbonyl (C=O) groups excluding carboxylic acids is 1. The molecular weight excluding hydrogens is 285 g/mol. The Kier molecular flexibility index (Phi) is 5.16. The van der Waals surface area contributed by atoms with Crippen LogP contribution in [0, 0.1) is 12.7 Å². The zero-order valence-corrected chi connectivity index (χ0v) is 12.9. The Labute approximate surface area is 129 Å². The molecule has 0 aliphatic rings. The number of amides is 2. The average molecular weight is 305 g/mol. The minimum Gasteiger partial charge on any atom is -0.468 e. The summed E-state index contributed by atoms with van der Waals surface area (Å²) < 4.78 is 18.6. The molecule has 2 N–H and O–H groups in total. The number of nitrogens with zero attached hydrogens (tertiary/aromatic N) is 1. The van der Waals surface area contributed by atoms with E-state index in [0.717, 1.165) is 5.76 Å². The van der Waals surface area contributed by atoms with Crippen molar-refractivity contribution in [3.63, 3.8) is 0 Å². The molecule has 6 heteroatoms. The first-order valence-electron chi connectivity index (χ1n) is 6.98. The van der Waals surface area contributed by atoms with E-state index < -0.39 is 0 Å². The summed E-state index contributed by atoms with van der Waals surface area (Å²) in [5.74, 6) is 0.486. The molecule has 1 aromatic heterocycles. The Morgan fingerprint density at radius 3 is 2.73 bits per heavy atom. The molecule has 2 aromatic rings. The van der Waals surface area contributed by atoms with E-state index in [4.69, 9.17) is 4.42 Å². The van der Waals surface area contributed by atoms with Gasteiger partial charge in [0, 0.05) is 12.2 Å². The summed E-state index contributed by atoms with van der Waals surface area (Å²) >= 11 is 0. The van der Waals surface area contributed by atoms with Gasteiger partial charge in [0.25, 0.3) is 0 Å². The topological polar surface area (TPSA) is 57.5 Å². The van der Waals surface area contributed by atoms with Gasteiger partial charge in [-0.25, -0.2) is 9.18 Å². The molecule has 1 aromatic carbocycles. The van der Waals surface area contributed by atoms with Crippen LogP contribution in [0.25, 0.3) is 0 Å². The highest BCUT2D eigenvalue weighted by molar-refractivity contribution is 5.89. The van der Waals surface area contributed by atoms with Crippen molar-refractivity contribution in [2.24, 2.45) is 0 Å². The SMILES string of the molecule is Cc1cc(NC(=O)NCC(c2ccco2)N(C)C)ccc1F. The van der Waals surface area contributed by atoms with E-state index in [1.54, 1.807) is 19.3 Å². The van der Waals surface area contributed by atoms with Crippen molar-refractivity contribution in [3.05, 3.63) is 53.7 Å². The maximum Gasteiger partial charge on any atom is 0.319 e. The van der Waals surface area contributed by atoms with Gasteiger partial charge in [-0.05, 0) is 56.9 Å². The fourth-order valence-electron chi connectivity index (χ4n) is 2.11. The van der Waals surface area contributed by atoms with Crippen LogP contribution < -0.4 is 10.6 Å². The zero-order chi connectivity index (χ0) is 16.1. The monoisotopic (exact) mass is 305 g/mol. The maximum atomic E-state index is 13.2.